The van der Waals surface area contributed by atoms with Crippen LogP contribution in [0.4, 0.5) is 4.39 Å². The Hall–Kier alpha value is -2.60. The lowest BCUT2D eigenvalue weighted by Gasteiger charge is -2.29. The summed E-state index contributed by atoms with van der Waals surface area (Å²) >= 11 is 0. The van der Waals surface area contributed by atoms with Gasteiger partial charge in [-0.25, -0.2) is 4.39 Å². The molecule has 1 amide bonds. The zero-order valence-corrected chi connectivity index (χ0v) is 13.5. The van der Waals surface area contributed by atoms with Crippen LogP contribution in [-0.2, 0) is 10.3 Å². The van der Waals surface area contributed by atoms with E-state index in [1.807, 2.05) is 0 Å². The average molecular weight is 331 g/mol. The number of hydrogen-bond donors (Lipinski definition) is 1. The molecule has 2 aromatic rings. The van der Waals surface area contributed by atoms with E-state index in [1.54, 1.807) is 43.3 Å². The summed E-state index contributed by atoms with van der Waals surface area (Å²) in [7, 11) is 1.49. The number of nitrogens with one attached hydrogen (secondary N) is 1. The molecule has 3 rings (SSSR count). The van der Waals surface area contributed by atoms with E-state index in [0.717, 1.165) is 0 Å². The van der Waals surface area contributed by atoms with Gasteiger partial charge in [0.2, 0.25) is 6.79 Å². The molecule has 24 heavy (non-hydrogen) atoms. The fourth-order valence-corrected chi connectivity index (χ4v) is 2.56. The first-order valence-corrected chi connectivity index (χ1v) is 7.51. The van der Waals surface area contributed by atoms with E-state index < -0.39 is 5.60 Å². The van der Waals surface area contributed by atoms with Crippen LogP contribution in [0.5, 0.6) is 11.5 Å². The van der Waals surface area contributed by atoms with Gasteiger partial charge in [0.25, 0.3) is 5.91 Å². The molecule has 0 radical (unpaired) electrons. The molecule has 0 aliphatic carbocycles. The largest absolute Gasteiger partial charge is 0.454 e. The second-order valence-electron chi connectivity index (χ2n) is 5.67. The van der Waals surface area contributed by atoms with Crippen molar-refractivity contribution in [3.05, 3.63) is 59.4 Å². The molecule has 1 aliphatic rings. The van der Waals surface area contributed by atoms with Crippen molar-refractivity contribution in [2.75, 3.05) is 20.4 Å². The van der Waals surface area contributed by atoms with Crippen LogP contribution in [0, 0.1) is 5.82 Å². The normalized spacial score (nSPS) is 15.0. The number of hydrogen-bond acceptors (Lipinski definition) is 4. The van der Waals surface area contributed by atoms with Crippen molar-refractivity contribution in [1.29, 1.82) is 0 Å². The van der Waals surface area contributed by atoms with Gasteiger partial charge >= 0.3 is 0 Å². The molecule has 0 bridgehead atoms. The minimum absolute atomic E-state index is 0.123. The number of benzene rings is 2. The lowest BCUT2D eigenvalue weighted by molar-refractivity contribution is 0.000388. The molecule has 0 saturated heterocycles. The van der Waals surface area contributed by atoms with E-state index in [0.29, 0.717) is 22.6 Å². The maximum Gasteiger partial charge on any atom is 0.251 e. The molecule has 1 atom stereocenters. The third-order valence-corrected chi connectivity index (χ3v) is 4.12. The van der Waals surface area contributed by atoms with E-state index in [1.165, 1.54) is 13.2 Å². The Morgan fingerprint density at radius 2 is 2.00 bits per heavy atom. The number of halogens is 1. The summed E-state index contributed by atoms with van der Waals surface area (Å²) in [6, 6.07) is 11.3. The van der Waals surface area contributed by atoms with Crippen LogP contribution in [0.15, 0.2) is 42.5 Å². The zero-order valence-electron chi connectivity index (χ0n) is 13.5. The second-order valence-corrected chi connectivity index (χ2v) is 5.67. The summed E-state index contributed by atoms with van der Waals surface area (Å²) in [5.41, 5.74) is -0.151. The molecular formula is C18H18FNO4. The molecule has 1 aliphatic heterocycles. The van der Waals surface area contributed by atoms with Crippen LogP contribution in [0.2, 0.25) is 0 Å². The van der Waals surface area contributed by atoms with Crippen LogP contribution in [0.25, 0.3) is 0 Å². The molecule has 1 N–H and O–H groups in total. The van der Waals surface area contributed by atoms with Crippen LogP contribution in [0.1, 0.15) is 22.8 Å². The standard InChI is InChI=1S/C18H18FNO4/c1-18(22-2,13-5-3-4-6-14(13)19)10-20-17(21)12-7-8-15-16(9-12)24-11-23-15/h3-9H,10-11H2,1-2H3,(H,20,21)/t18-/m0/s1. The number of amides is 1. The fourth-order valence-electron chi connectivity index (χ4n) is 2.56. The predicted molar refractivity (Wildman–Crippen MR) is 85.7 cm³/mol. The van der Waals surface area contributed by atoms with Gasteiger partial charge in [-0.05, 0) is 31.2 Å². The molecule has 1 heterocycles. The Kier molecular flexibility index (Phi) is 4.40. The van der Waals surface area contributed by atoms with Crippen LogP contribution in [0.3, 0.4) is 0 Å². The highest BCUT2D eigenvalue weighted by atomic mass is 19.1. The van der Waals surface area contributed by atoms with E-state index >= 15 is 0 Å². The van der Waals surface area contributed by atoms with Gasteiger partial charge < -0.3 is 19.5 Å². The van der Waals surface area contributed by atoms with Gasteiger partial charge in [-0.3, -0.25) is 4.79 Å². The van der Waals surface area contributed by atoms with Gasteiger partial charge in [0.1, 0.15) is 11.4 Å². The molecule has 0 aromatic heterocycles. The highest BCUT2D eigenvalue weighted by Crippen LogP contribution is 2.32. The lowest BCUT2D eigenvalue weighted by atomic mass is 9.95. The quantitative estimate of drug-likeness (QED) is 0.915. The summed E-state index contributed by atoms with van der Waals surface area (Å²) in [4.78, 5) is 12.4. The maximum atomic E-state index is 14.0. The van der Waals surface area contributed by atoms with Crippen molar-refractivity contribution in [1.82, 2.24) is 5.32 Å². The average Bonchev–Trinajstić information content (AvgIpc) is 3.07. The third kappa shape index (κ3) is 3.05. The predicted octanol–water partition coefficient (Wildman–Crippen LogP) is 2.85. The molecule has 0 fully saturated rings. The topological polar surface area (TPSA) is 56.8 Å². The summed E-state index contributed by atoms with van der Waals surface area (Å²) in [6.07, 6.45) is 0. The van der Waals surface area contributed by atoms with E-state index in [2.05, 4.69) is 5.32 Å². The Morgan fingerprint density at radius 3 is 2.75 bits per heavy atom. The van der Waals surface area contributed by atoms with Crippen LogP contribution >= 0.6 is 0 Å². The highest BCUT2D eigenvalue weighted by molar-refractivity contribution is 5.95. The van der Waals surface area contributed by atoms with Crippen molar-refractivity contribution >= 4 is 5.91 Å². The Labute approximate surface area is 139 Å². The summed E-state index contributed by atoms with van der Waals surface area (Å²) in [5.74, 6) is 0.470. The molecule has 0 unspecified atom stereocenters. The summed E-state index contributed by atoms with van der Waals surface area (Å²) in [5, 5.41) is 2.78. The van der Waals surface area contributed by atoms with E-state index in [-0.39, 0.29) is 25.1 Å². The molecule has 5 nitrogen and oxygen atoms in total. The van der Waals surface area contributed by atoms with Gasteiger partial charge in [-0.1, -0.05) is 18.2 Å². The smallest absolute Gasteiger partial charge is 0.251 e. The molecule has 2 aromatic carbocycles. The Bertz CT molecular complexity index is 764. The highest BCUT2D eigenvalue weighted by Gasteiger charge is 2.30. The number of rotatable bonds is 5. The first-order valence-electron chi connectivity index (χ1n) is 7.51. The van der Waals surface area contributed by atoms with E-state index in [9.17, 15) is 9.18 Å². The maximum absolute atomic E-state index is 14.0. The molecule has 0 spiro atoms. The summed E-state index contributed by atoms with van der Waals surface area (Å²) in [6.45, 7) is 2.00. The van der Waals surface area contributed by atoms with Crippen LogP contribution in [-0.4, -0.2) is 26.4 Å². The minimum atomic E-state index is -0.975. The molecule has 0 saturated carbocycles. The van der Waals surface area contributed by atoms with Gasteiger partial charge in [0.15, 0.2) is 11.5 Å². The van der Waals surface area contributed by atoms with Gasteiger partial charge in [0, 0.05) is 18.2 Å². The van der Waals surface area contributed by atoms with Crippen molar-refractivity contribution < 1.29 is 23.4 Å². The summed E-state index contributed by atoms with van der Waals surface area (Å²) < 4.78 is 30.0. The zero-order chi connectivity index (χ0) is 17.2. The molecule has 6 heteroatoms. The van der Waals surface area contributed by atoms with Crippen molar-refractivity contribution in [3.63, 3.8) is 0 Å². The van der Waals surface area contributed by atoms with Gasteiger partial charge in [-0.15, -0.1) is 0 Å². The second kappa shape index (κ2) is 6.49. The van der Waals surface area contributed by atoms with Crippen LogP contribution < -0.4 is 14.8 Å². The SMILES string of the molecule is CO[C@@](C)(CNC(=O)c1ccc2c(c1)OCO2)c1ccccc1F. The Balaban J connectivity index is 1.74. The number of carbonyl (C=O) groups is 1. The lowest BCUT2D eigenvalue weighted by Crippen LogP contribution is -2.40. The van der Waals surface area contributed by atoms with Crippen molar-refractivity contribution in [2.45, 2.75) is 12.5 Å². The molecular weight excluding hydrogens is 313 g/mol. The van der Waals surface area contributed by atoms with Gasteiger partial charge in [-0.2, -0.15) is 0 Å². The number of fused-ring (bicyclic) bond motifs is 1. The third-order valence-electron chi connectivity index (χ3n) is 4.12. The minimum Gasteiger partial charge on any atom is -0.454 e. The fraction of sp³-hybridized carbons (Fsp3) is 0.278. The van der Waals surface area contributed by atoms with E-state index in [4.69, 9.17) is 14.2 Å². The Morgan fingerprint density at radius 1 is 1.25 bits per heavy atom. The first-order chi connectivity index (χ1) is 11.5. The number of methoxy groups -OCH3 is 1. The molecule has 126 valence electrons. The number of carbonyl (C=O) groups excluding carboxylic acids is 1. The first kappa shape index (κ1) is 16.3. The van der Waals surface area contributed by atoms with Gasteiger partial charge in [0.05, 0.1) is 6.54 Å². The van der Waals surface area contributed by atoms with Crippen molar-refractivity contribution in [3.8, 4) is 11.5 Å². The van der Waals surface area contributed by atoms with Crippen molar-refractivity contribution in [2.24, 2.45) is 0 Å². The number of ether oxygens (including phenoxy) is 3. The monoisotopic (exact) mass is 331 g/mol.